The van der Waals surface area contributed by atoms with Gasteiger partial charge in [-0.3, -0.25) is 4.79 Å². The molecule has 0 unspecified atom stereocenters. The molecule has 4 nitrogen and oxygen atoms in total. The number of hydrogen-bond donors (Lipinski definition) is 1. The number of fused-ring (bicyclic) bond motifs is 1. The van der Waals surface area contributed by atoms with Crippen molar-refractivity contribution < 1.29 is 4.79 Å². The molecule has 3 aromatic rings. The second-order valence-electron chi connectivity index (χ2n) is 6.84. The summed E-state index contributed by atoms with van der Waals surface area (Å²) >= 11 is 3.32. The van der Waals surface area contributed by atoms with Crippen molar-refractivity contribution in [2.24, 2.45) is 0 Å². The van der Waals surface area contributed by atoms with Crippen LogP contribution < -0.4 is 5.32 Å². The fraction of sp³-hybridized carbons (Fsp3) is 0.381. The Morgan fingerprint density at radius 3 is 2.74 bits per heavy atom. The highest BCUT2D eigenvalue weighted by molar-refractivity contribution is 7.17. The van der Waals surface area contributed by atoms with E-state index in [1.165, 1.54) is 46.2 Å². The number of thiazole rings is 2. The van der Waals surface area contributed by atoms with E-state index in [-0.39, 0.29) is 5.91 Å². The molecular weight excluding hydrogens is 374 g/mol. The van der Waals surface area contributed by atoms with Crippen LogP contribution >= 0.6 is 22.7 Å². The van der Waals surface area contributed by atoms with E-state index in [0.29, 0.717) is 11.4 Å². The highest BCUT2D eigenvalue weighted by Crippen LogP contribution is 2.28. The number of nitrogens with one attached hydrogen (secondary N) is 1. The molecule has 6 heteroatoms. The molecule has 0 atom stereocenters. The number of carbonyl (C=O) groups is 1. The summed E-state index contributed by atoms with van der Waals surface area (Å²) in [5, 5.41) is 5.16. The number of amides is 1. The molecule has 0 radical (unpaired) electrons. The van der Waals surface area contributed by atoms with Crippen molar-refractivity contribution in [1.29, 1.82) is 0 Å². The molecule has 0 aliphatic heterocycles. The third-order valence-corrected chi connectivity index (χ3v) is 7.19. The fourth-order valence-electron chi connectivity index (χ4n) is 3.35. The van der Waals surface area contributed by atoms with Crippen LogP contribution in [0.4, 0.5) is 0 Å². The maximum atomic E-state index is 12.5. The quantitative estimate of drug-likeness (QED) is 0.607. The van der Waals surface area contributed by atoms with Gasteiger partial charge in [-0.15, -0.1) is 22.7 Å². The second kappa shape index (κ2) is 8.31. The fourth-order valence-corrected chi connectivity index (χ4v) is 5.53. The van der Waals surface area contributed by atoms with Crippen molar-refractivity contribution >= 4 is 28.6 Å². The van der Waals surface area contributed by atoms with E-state index in [1.54, 1.807) is 0 Å². The van der Waals surface area contributed by atoms with Gasteiger partial charge in [-0.1, -0.05) is 30.3 Å². The van der Waals surface area contributed by atoms with Crippen LogP contribution in [-0.2, 0) is 19.3 Å². The molecule has 4 rings (SSSR count). The number of aromatic nitrogens is 2. The third kappa shape index (κ3) is 4.28. The molecule has 0 saturated carbocycles. The summed E-state index contributed by atoms with van der Waals surface area (Å²) in [6.45, 7) is 2.57. The first kappa shape index (κ1) is 18.3. The Morgan fingerprint density at radius 2 is 1.93 bits per heavy atom. The largest absolute Gasteiger partial charge is 0.351 e. The summed E-state index contributed by atoms with van der Waals surface area (Å²) in [7, 11) is 0. The van der Waals surface area contributed by atoms with E-state index < -0.39 is 0 Å². The van der Waals surface area contributed by atoms with Gasteiger partial charge in [0.25, 0.3) is 5.91 Å². The lowest BCUT2D eigenvalue weighted by atomic mass is 10.0. The van der Waals surface area contributed by atoms with Gasteiger partial charge < -0.3 is 5.32 Å². The Morgan fingerprint density at radius 1 is 1.11 bits per heavy atom. The highest BCUT2D eigenvalue weighted by atomic mass is 32.1. The molecule has 1 amide bonds. The summed E-state index contributed by atoms with van der Waals surface area (Å²) in [5.74, 6) is -0.0226. The summed E-state index contributed by atoms with van der Waals surface area (Å²) in [5.41, 5.74) is 3.17. The van der Waals surface area contributed by atoms with E-state index in [2.05, 4.69) is 10.3 Å². The zero-order valence-corrected chi connectivity index (χ0v) is 17.1. The lowest BCUT2D eigenvalue weighted by molar-refractivity contribution is 0.0956. The van der Waals surface area contributed by atoms with Gasteiger partial charge in [0, 0.05) is 23.4 Å². The molecule has 1 aliphatic carbocycles. The Labute approximate surface area is 167 Å². The van der Waals surface area contributed by atoms with Crippen molar-refractivity contribution in [3.05, 3.63) is 56.5 Å². The Bertz CT molecular complexity index is 907. The average Bonchev–Trinajstić information content (AvgIpc) is 3.29. The lowest BCUT2D eigenvalue weighted by Crippen LogP contribution is -2.24. The first-order valence-electron chi connectivity index (χ1n) is 9.49. The number of carbonyl (C=O) groups excluding carboxylic acids is 1. The van der Waals surface area contributed by atoms with E-state index in [0.717, 1.165) is 35.5 Å². The van der Waals surface area contributed by atoms with Crippen molar-refractivity contribution in [2.75, 3.05) is 6.54 Å². The van der Waals surface area contributed by atoms with Gasteiger partial charge in [-0.05, 0) is 39.0 Å². The molecule has 140 valence electrons. The zero-order valence-electron chi connectivity index (χ0n) is 15.5. The SMILES string of the molecule is Cc1nc(-c2ccccc2)sc1C(=O)NCCCc1nc2c(s1)CCCC2. The van der Waals surface area contributed by atoms with Crippen LogP contribution in [0.25, 0.3) is 10.6 Å². The van der Waals surface area contributed by atoms with Crippen molar-refractivity contribution in [3.8, 4) is 10.6 Å². The molecule has 1 aliphatic rings. The van der Waals surface area contributed by atoms with E-state index >= 15 is 0 Å². The minimum Gasteiger partial charge on any atom is -0.351 e. The average molecular weight is 398 g/mol. The summed E-state index contributed by atoms with van der Waals surface area (Å²) in [6, 6.07) is 10.0. The Hall–Kier alpha value is -2.05. The number of nitrogens with zero attached hydrogens (tertiary/aromatic N) is 2. The summed E-state index contributed by atoms with van der Waals surface area (Å²) in [4.78, 5) is 24.1. The first-order chi connectivity index (χ1) is 13.2. The number of hydrogen-bond acceptors (Lipinski definition) is 5. The molecule has 2 heterocycles. The zero-order chi connectivity index (χ0) is 18.6. The summed E-state index contributed by atoms with van der Waals surface area (Å²) < 4.78 is 0. The highest BCUT2D eigenvalue weighted by Gasteiger charge is 2.17. The van der Waals surface area contributed by atoms with Gasteiger partial charge in [0.1, 0.15) is 9.88 Å². The molecular formula is C21H23N3OS2. The van der Waals surface area contributed by atoms with Gasteiger partial charge in [0.2, 0.25) is 0 Å². The molecule has 27 heavy (non-hydrogen) atoms. The third-order valence-electron chi connectivity index (χ3n) is 4.77. The lowest BCUT2D eigenvalue weighted by Gasteiger charge is -2.06. The van der Waals surface area contributed by atoms with Crippen molar-refractivity contribution in [3.63, 3.8) is 0 Å². The van der Waals surface area contributed by atoms with Crippen LogP contribution in [-0.4, -0.2) is 22.4 Å². The molecule has 0 saturated heterocycles. The van der Waals surface area contributed by atoms with Crippen LogP contribution in [0.2, 0.25) is 0 Å². The molecule has 1 N–H and O–H groups in total. The van der Waals surface area contributed by atoms with Gasteiger partial charge in [0.15, 0.2) is 0 Å². The maximum Gasteiger partial charge on any atom is 0.263 e. The van der Waals surface area contributed by atoms with Crippen LogP contribution in [0.15, 0.2) is 30.3 Å². The van der Waals surface area contributed by atoms with E-state index in [9.17, 15) is 4.79 Å². The Kier molecular flexibility index (Phi) is 5.64. The molecule has 1 aromatic carbocycles. The monoisotopic (exact) mass is 397 g/mol. The van der Waals surface area contributed by atoms with Gasteiger partial charge in [-0.25, -0.2) is 9.97 Å². The standard InChI is InChI=1S/C21H23N3OS2/c1-14-19(27-21(23-14)15-8-3-2-4-9-15)20(25)22-13-7-12-18-24-16-10-5-6-11-17(16)26-18/h2-4,8-9H,5-7,10-13H2,1H3,(H,22,25). The predicted molar refractivity (Wildman–Crippen MR) is 112 cm³/mol. The number of aryl methyl sites for hydroxylation is 4. The van der Waals surface area contributed by atoms with Crippen LogP contribution in [0.3, 0.4) is 0 Å². The van der Waals surface area contributed by atoms with Crippen LogP contribution in [0.5, 0.6) is 0 Å². The Balaban J connectivity index is 1.31. The van der Waals surface area contributed by atoms with Crippen molar-refractivity contribution in [1.82, 2.24) is 15.3 Å². The minimum atomic E-state index is -0.0226. The second-order valence-corrected chi connectivity index (χ2v) is 9.01. The maximum absolute atomic E-state index is 12.5. The van der Waals surface area contributed by atoms with Crippen molar-refractivity contribution in [2.45, 2.75) is 45.4 Å². The van der Waals surface area contributed by atoms with E-state index in [1.807, 2.05) is 48.6 Å². The molecule has 0 bridgehead atoms. The molecule has 2 aromatic heterocycles. The van der Waals surface area contributed by atoms with Gasteiger partial charge in [0.05, 0.1) is 16.4 Å². The number of benzene rings is 1. The first-order valence-corrected chi connectivity index (χ1v) is 11.1. The topological polar surface area (TPSA) is 54.9 Å². The van der Waals surface area contributed by atoms with Crippen LogP contribution in [0.1, 0.15) is 50.2 Å². The molecule has 0 fully saturated rings. The minimum absolute atomic E-state index is 0.0226. The van der Waals surface area contributed by atoms with Gasteiger partial charge >= 0.3 is 0 Å². The number of rotatable bonds is 6. The smallest absolute Gasteiger partial charge is 0.263 e. The summed E-state index contributed by atoms with van der Waals surface area (Å²) in [6.07, 6.45) is 6.75. The van der Waals surface area contributed by atoms with Crippen LogP contribution in [0, 0.1) is 6.92 Å². The van der Waals surface area contributed by atoms with Gasteiger partial charge in [-0.2, -0.15) is 0 Å². The molecule has 0 spiro atoms. The normalized spacial score (nSPS) is 13.4. The predicted octanol–water partition coefficient (Wildman–Crippen LogP) is 4.82. The van der Waals surface area contributed by atoms with E-state index in [4.69, 9.17) is 4.98 Å².